The van der Waals surface area contributed by atoms with Crippen molar-refractivity contribution in [3.8, 4) is 0 Å². The van der Waals surface area contributed by atoms with Gasteiger partial charge in [-0.25, -0.2) is 4.79 Å². The van der Waals surface area contributed by atoms with Crippen LogP contribution in [0.4, 0.5) is 4.79 Å². The molecule has 1 aliphatic heterocycles. The Kier molecular flexibility index (Phi) is 2.91. The first kappa shape index (κ1) is 11.7. The van der Waals surface area contributed by atoms with Crippen LogP contribution < -0.4 is 5.32 Å². The molecule has 2 aliphatic rings. The number of allylic oxidation sites excluding steroid dienone is 2. The quantitative estimate of drug-likeness (QED) is 0.839. The number of nitrogens with one attached hydrogen (secondary N) is 1. The number of benzene rings is 1. The van der Waals surface area contributed by atoms with Crippen LogP contribution in [0, 0.1) is 5.92 Å². The predicted molar refractivity (Wildman–Crippen MR) is 71.2 cm³/mol. The van der Waals surface area contributed by atoms with Gasteiger partial charge in [0.05, 0.1) is 0 Å². The minimum atomic E-state index is -0.553. The Morgan fingerprint density at radius 1 is 1.05 bits per heavy atom. The summed E-state index contributed by atoms with van der Waals surface area (Å²) in [4.78, 5) is 25.5. The molecule has 4 nitrogen and oxygen atoms in total. The molecule has 19 heavy (non-hydrogen) atoms. The lowest BCUT2D eigenvalue weighted by Gasteiger charge is -2.15. The molecule has 0 saturated carbocycles. The van der Waals surface area contributed by atoms with Crippen LogP contribution in [0.2, 0.25) is 0 Å². The van der Waals surface area contributed by atoms with Gasteiger partial charge in [-0.15, -0.1) is 0 Å². The van der Waals surface area contributed by atoms with E-state index in [1.165, 1.54) is 4.90 Å². The zero-order valence-electron chi connectivity index (χ0n) is 10.3. The minimum Gasteiger partial charge on any atom is -0.322 e. The third-order valence-corrected chi connectivity index (χ3v) is 3.38. The Bertz CT molecular complexity index is 551. The molecule has 1 aromatic carbocycles. The maximum absolute atomic E-state index is 12.3. The van der Waals surface area contributed by atoms with Gasteiger partial charge in [0.1, 0.15) is 6.04 Å². The van der Waals surface area contributed by atoms with Crippen LogP contribution in [0.3, 0.4) is 0 Å². The van der Waals surface area contributed by atoms with Gasteiger partial charge in [0.25, 0.3) is 5.91 Å². The number of hydrogen-bond acceptors (Lipinski definition) is 2. The van der Waals surface area contributed by atoms with E-state index in [2.05, 4.69) is 5.32 Å². The number of amides is 3. The van der Waals surface area contributed by atoms with Crippen molar-refractivity contribution in [1.82, 2.24) is 10.2 Å². The fourth-order valence-electron chi connectivity index (χ4n) is 2.37. The molecule has 4 heteroatoms. The second-order valence-corrected chi connectivity index (χ2v) is 4.68. The normalized spacial score (nSPS) is 22.3. The van der Waals surface area contributed by atoms with E-state index in [0.717, 1.165) is 5.56 Å². The molecule has 0 spiro atoms. The summed E-state index contributed by atoms with van der Waals surface area (Å²) in [6.07, 6.45) is 7.82. The van der Waals surface area contributed by atoms with Gasteiger partial charge in [-0.2, -0.15) is 0 Å². The standard InChI is InChI=1S/C15H14N2O2/c18-14-13(12-8-2-1-3-9-12)16-15(19)17(14)10-11-6-4-5-7-11/h1-9,11,13H,10H2,(H,16,19). The highest BCUT2D eigenvalue weighted by Gasteiger charge is 2.39. The first-order valence-corrected chi connectivity index (χ1v) is 6.27. The monoisotopic (exact) mass is 254 g/mol. The summed E-state index contributed by atoms with van der Waals surface area (Å²) in [6.45, 7) is 0.404. The second-order valence-electron chi connectivity index (χ2n) is 4.68. The lowest BCUT2D eigenvalue weighted by atomic mass is 10.1. The molecule has 1 atom stereocenters. The van der Waals surface area contributed by atoms with E-state index in [-0.39, 0.29) is 17.9 Å². The van der Waals surface area contributed by atoms with Gasteiger partial charge in [0.2, 0.25) is 0 Å². The maximum atomic E-state index is 12.3. The molecule has 96 valence electrons. The van der Waals surface area contributed by atoms with E-state index < -0.39 is 6.04 Å². The highest BCUT2D eigenvalue weighted by molar-refractivity contribution is 6.04. The van der Waals surface area contributed by atoms with Crippen LogP contribution in [0.5, 0.6) is 0 Å². The minimum absolute atomic E-state index is 0.129. The van der Waals surface area contributed by atoms with Crippen molar-refractivity contribution in [2.24, 2.45) is 5.92 Å². The van der Waals surface area contributed by atoms with Gasteiger partial charge < -0.3 is 5.32 Å². The summed E-state index contributed by atoms with van der Waals surface area (Å²) in [6, 6.07) is 8.44. The van der Waals surface area contributed by atoms with Crippen LogP contribution in [0.1, 0.15) is 11.6 Å². The third kappa shape index (κ3) is 2.17. The number of nitrogens with zero attached hydrogens (tertiary/aromatic N) is 1. The molecule has 1 saturated heterocycles. The van der Waals surface area contributed by atoms with Crippen molar-refractivity contribution < 1.29 is 9.59 Å². The van der Waals surface area contributed by atoms with Crippen molar-refractivity contribution >= 4 is 11.9 Å². The molecule has 1 heterocycles. The Morgan fingerprint density at radius 2 is 1.74 bits per heavy atom. The highest BCUT2D eigenvalue weighted by Crippen LogP contribution is 2.23. The number of urea groups is 1. The van der Waals surface area contributed by atoms with E-state index in [0.29, 0.717) is 6.54 Å². The average molecular weight is 254 g/mol. The summed E-state index contributed by atoms with van der Waals surface area (Å²) in [5.74, 6) is -0.0471. The van der Waals surface area contributed by atoms with Crippen LogP contribution in [0.25, 0.3) is 0 Å². The highest BCUT2D eigenvalue weighted by atomic mass is 16.2. The fraction of sp³-hybridized carbons (Fsp3) is 0.200. The van der Waals surface area contributed by atoms with E-state index in [9.17, 15) is 9.59 Å². The molecular formula is C15H14N2O2. The number of hydrogen-bond donors (Lipinski definition) is 1. The topological polar surface area (TPSA) is 49.4 Å². The first-order valence-electron chi connectivity index (χ1n) is 6.27. The summed E-state index contributed by atoms with van der Waals surface area (Å²) >= 11 is 0. The Balaban J connectivity index is 1.77. The fourth-order valence-corrected chi connectivity index (χ4v) is 2.37. The Morgan fingerprint density at radius 3 is 2.42 bits per heavy atom. The molecule has 1 fully saturated rings. The van der Waals surface area contributed by atoms with Crippen molar-refractivity contribution in [1.29, 1.82) is 0 Å². The lowest BCUT2D eigenvalue weighted by molar-refractivity contribution is -0.127. The predicted octanol–water partition coefficient (Wildman–Crippen LogP) is 2.02. The zero-order chi connectivity index (χ0) is 13.2. The van der Waals surface area contributed by atoms with Gasteiger partial charge in [-0.3, -0.25) is 9.69 Å². The van der Waals surface area contributed by atoms with Gasteiger partial charge >= 0.3 is 6.03 Å². The number of imide groups is 1. The van der Waals surface area contributed by atoms with Gasteiger partial charge in [-0.1, -0.05) is 54.6 Å². The van der Waals surface area contributed by atoms with Crippen LogP contribution in [0.15, 0.2) is 54.6 Å². The number of carbonyl (C=O) groups excluding carboxylic acids is 2. The molecule has 1 aromatic rings. The summed E-state index contributed by atoms with van der Waals surface area (Å²) in [5.41, 5.74) is 0.820. The molecule has 0 bridgehead atoms. The van der Waals surface area contributed by atoms with E-state index in [1.807, 2.05) is 54.6 Å². The first-order chi connectivity index (χ1) is 9.25. The van der Waals surface area contributed by atoms with Crippen molar-refractivity contribution in [3.63, 3.8) is 0 Å². The third-order valence-electron chi connectivity index (χ3n) is 3.38. The van der Waals surface area contributed by atoms with Crippen LogP contribution in [-0.2, 0) is 4.79 Å². The van der Waals surface area contributed by atoms with E-state index in [1.54, 1.807) is 0 Å². The Labute approximate surface area is 111 Å². The van der Waals surface area contributed by atoms with E-state index in [4.69, 9.17) is 0 Å². The van der Waals surface area contributed by atoms with Crippen LogP contribution in [-0.4, -0.2) is 23.4 Å². The average Bonchev–Trinajstić information content (AvgIpc) is 3.03. The molecule has 0 aromatic heterocycles. The molecule has 1 N–H and O–H groups in total. The Hall–Kier alpha value is -2.36. The van der Waals surface area contributed by atoms with Crippen LogP contribution >= 0.6 is 0 Å². The number of carbonyl (C=O) groups is 2. The maximum Gasteiger partial charge on any atom is 0.325 e. The van der Waals surface area contributed by atoms with Crippen molar-refractivity contribution in [2.75, 3.05) is 6.54 Å². The number of rotatable bonds is 3. The second kappa shape index (κ2) is 4.72. The summed E-state index contributed by atoms with van der Waals surface area (Å²) in [5, 5.41) is 2.73. The van der Waals surface area contributed by atoms with Gasteiger partial charge in [0.15, 0.2) is 0 Å². The smallest absolute Gasteiger partial charge is 0.322 e. The summed E-state index contributed by atoms with van der Waals surface area (Å²) < 4.78 is 0. The van der Waals surface area contributed by atoms with Crippen molar-refractivity contribution in [2.45, 2.75) is 6.04 Å². The van der Waals surface area contributed by atoms with Gasteiger partial charge in [0, 0.05) is 12.5 Å². The molecule has 0 radical (unpaired) electrons. The molecule has 3 amide bonds. The van der Waals surface area contributed by atoms with Gasteiger partial charge in [-0.05, 0) is 5.56 Å². The zero-order valence-corrected chi connectivity index (χ0v) is 10.3. The van der Waals surface area contributed by atoms with E-state index >= 15 is 0 Å². The van der Waals surface area contributed by atoms with Crippen molar-refractivity contribution in [3.05, 3.63) is 60.2 Å². The molecular weight excluding hydrogens is 240 g/mol. The lowest BCUT2D eigenvalue weighted by Crippen LogP contribution is -2.34. The molecule has 1 aliphatic carbocycles. The summed E-state index contributed by atoms with van der Waals surface area (Å²) in [7, 11) is 0. The molecule has 3 rings (SSSR count). The largest absolute Gasteiger partial charge is 0.325 e. The molecule has 1 unspecified atom stereocenters. The SMILES string of the molecule is O=C1NC(c2ccccc2)C(=O)N1CC1C=CC=C1.